The average Bonchev–Trinajstić information content (AvgIpc) is 3.12. The minimum absolute atomic E-state index is 0.0505. The number of carbonyl (C=O) groups is 2. The summed E-state index contributed by atoms with van der Waals surface area (Å²) >= 11 is 1.14. The van der Waals surface area contributed by atoms with Gasteiger partial charge in [-0.05, 0) is 63.5 Å². The lowest BCUT2D eigenvalue weighted by atomic mass is 10.2. The molecule has 1 aliphatic heterocycles. The third-order valence-electron chi connectivity index (χ3n) is 5.62. The van der Waals surface area contributed by atoms with E-state index >= 15 is 0 Å². The Kier molecular flexibility index (Phi) is 10.0. The van der Waals surface area contributed by atoms with E-state index in [0.29, 0.717) is 29.0 Å². The molecule has 33 heavy (non-hydrogen) atoms. The van der Waals surface area contributed by atoms with Gasteiger partial charge in [-0.3, -0.25) is 9.59 Å². The minimum atomic E-state index is -0.347. The van der Waals surface area contributed by atoms with Crippen molar-refractivity contribution in [2.75, 3.05) is 38.7 Å². The molecule has 0 radical (unpaired) electrons. The van der Waals surface area contributed by atoms with Gasteiger partial charge in [0.2, 0.25) is 10.9 Å². The normalized spacial score (nSPS) is 15.5. The summed E-state index contributed by atoms with van der Waals surface area (Å²) in [7, 11) is 1.58. The van der Waals surface area contributed by atoms with Crippen LogP contribution in [0.25, 0.3) is 0 Å². The highest BCUT2D eigenvalue weighted by Gasteiger charge is 2.16. The van der Waals surface area contributed by atoms with Gasteiger partial charge in [-0.1, -0.05) is 24.2 Å². The van der Waals surface area contributed by atoms with Crippen LogP contribution in [0.3, 0.4) is 0 Å². The fraction of sp³-hybridized carbons (Fsp3) is 0.565. The first-order chi connectivity index (χ1) is 16.0. The fourth-order valence-corrected chi connectivity index (χ4v) is 4.36. The van der Waals surface area contributed by atoms with Crippen LogP contribution < -0.4 is 15.4 Å². The molecule has 2 N–H and O–H groups in total. The van der Waals surface area contributed by atoms with Gasteiger partial charge in [0.25, 0.3) is 5.91 Å². The Labute approximate surface area is 198 Å². The summed E-state index contributed by atoms with van der Waals surface area (Å²) in [5.74, 6) is 0.208. The van der Waals surface area contributed by atoms with E-state index in [9.17, 15) is 9.59 Å². The second kappa shape index (κ2) is 13.2. The monoisotopic (exact) mass is 475 g/mol. The maximum atomic E-state index is 12.3. The van der Waals surface area contributed by atoms with Crippen LogP contribution >= 0.6 is 11.3 Å². The first-order valence-corrected chi connectivity index (χ1v) is 12.2. The molecular weight excluding hydrogens is 442 g/mol. The number of rotatable bonds is 11. The van der Waals surface area contributed by atoms with E-state index in [2.05, 4.69) is 32.7 Å². The lowest BCUT2D eigenvalue weighted by Gasteiger charge is -2.27. The Morgan fingerprint density at radius 1 is 1.12 bits per heavy atom. The predicted octanol–water partition coefficient (Wildman–Crippen LogP) is 3.09. The molecule has 1 atom stereocenters. The standard InChI is InChI=1S/C23H33N5O4S/c1-17(28-13-5-3-4-6-14-28)11-12-24-20(29)15-32-16-21-26-27-23(33-21)22(30)25-18-7-9-19(31-2)10-8-18/h7-10,17H,3-6,11-16H2,1-2H3,(H,24,29)(H,25,30). The van der Waals surface area contributed by atoms with Crippen molar-refractivity contribution in [2.45, 2.75) is 51.7 Å². The number of aromatic nitrogens is 2. The number of likely N-dealkylation sites (tertiary alicyclic amines) is 1. The van der Waals surface area contributed by atoms with Crippen molar-refractivity contribution in [2.24, 2.45) is 0 Å². The highest BCUT2D eigenvalue weighted by molar-refractivity contribution is 7.13. The number of anilines is 1. The molecule has 1 saturated heterocycles. The molecule has 9 nitrogen and oxygen atoms in total. The van der Waals surface area contributed by atoms with Crippen molar-refractivity contribution < 1.29 is 19.1 Å². The van der Waals surface area contributed by atoms with Crippen molar-refractivity contribution >= 4 is 28.8 Å². The Bertz CT molecular complexity index is 881. The van der Waals surface area contributed by atoms with Crippen LogP contribution in [0.2, 0.25) is 0 Å². The number of nitrogens with zero attached hydrogens (tertiary/aromatic N) is 3. The summed E-state index contributed by atoms with van der Waals surface area (Å²) in [5.41, 5.74) is 0.635. The zero-order chi connectivity index (χ0) is 23.5. The largest absolute Gasteiger partial charge is 0.497 e. The van der Waals surface area contributed by atoms with E-state index < -0.39 is 0 Å². The molecule has 180 valence electrons. The molecule has 1 unspecified atom stereocenters. The van der Waals surface area contributed by atoms with Crippen LogP contribution in [-0.2, 0) is 16.1 Å². The van der Waals surface area contributed by atoms with E-state index in [1.165, 1.54) is 25.7 Å². The lowest BCUT2D eigenvalue weighted by molar-refractivity contribution is -0.126. The highest BCUT2D eigenvalue weighted by atomic mass is 32.1. The summed E-state index contributed by atoms with van der Waals surface area (Å²) in [6.07, 6.45) is 6.10. The Hall–Kier alpha value is -2.56. The number of hydrogen-bond donors (Lipinski definition) is 2. The number of ether oxygens (including phenoxy) is 2. The fourth-order valence-electron chi connectivity index (χ4n) is 3.68. The zero-order valence-electron chi connectivity index (χ0n) is 19.3. The van der Waals surface area contributed by atoms with Crippen molar-refractivity contribution in [1.82, 2.24) is 20.4 Å². The molecule has 1 aromatic carbocycles. The molecule has 2 heterocycles. The van der Waals surface area contributed by atoms with Crippen LogP contribution in [-0.4, -0.2) is 66.3 Å². The molecule has 0 aliphatic carbocycles. The van der Waals surface area contributed by atoms with E-state index in [1.54, 1.807) is 31.4 Å². The topological polar surface area (TPSA) is 106 Å². The van der Waals surface area contributed by atoms with E-state index in [4.69, 9.17) is 9.47 Å². The second-order valence-corrected chi connectivity index (χ2v) is 9.18. The van der Waals surface area contributed by atoms with E-state index in [1.807, 2.05) is 0 Å². The minimum Gasteiger partial charge on any atom is -0.497 e. The first kappa shape index (κ1) is 25.1. The summed E-state index contributed by atoms with van der Waals surface area (Å²) in [4.78, 5) is 26.9. The molecule has 3 rings (SSSR count). The van der Waals surface area contributed by atoms with Crippen molar-refractivity contribution in [3.63, 3.8) is 0 Å². The van der Waals surface area contributed by atoms with Gasteiger partial charge < -0.3 is 25.0 Å². The summed E-state index contributed by atoms with van der Waals surface area (Å²) in [5, 5.41) is 14.3. The van der Waals surface area contributed by atoms with Crippen LogP contribution in [0, 0.1) is 0 Å². The molecule has 1 aromatic heterocycles. The molecule has 2 aromatic rings. The quantitative estimate of drug-likeness (QED) is 0.514. The van der Waals surface area contributed by atoms with E-state index in [-0.39, 0.29) is 30.0 Å². The van der Waals surface area contributed by atoms with Gasteiger partial charge in [-0.15, -0.1) is 10.2 Å². The number of hydrogen-bond acceptors (Lipinski definition) is 8. The van der Waals surface area contributed by atoms with Crippen LogP contribution in [0.15, 0.2) is 24.3 Å². The Balaban J connectivity index is 1.32. The van der Waals surface area contributed by atoms with Gasteiger partial charge in [0.1, 0.15) is 24.0 Å². The van der Waals surface area contributed by atoms with Gasteiger partial charge in [0.05, 0.1) is 7.11 Å². The van der Waals surface area contributed by atoms with Crippen LogP contribution in [0.1, 0.15) is 53.8 Å². The van der Waals surface area contributed by atoms with Crippen LogP contribution in [0.4, 0.5) is 5.69 Å². The van der Waals surface area contributed by atoms with Gasteiger partial charge in [0, 0.05) is 18.3 Å². The number of amides is 2. The SMILES string of the molecule is COc1ccc(NC(=O)c2nnc(COCC(=O)NCCC(C)N3CCCCCC3)s2)cc1. The van der Waals surface area contributed by atoms with Gasteiger partial charge in [-0.25, -0.2) is 0 Å². The summed E-state index contributed by atoms with van der Waals surface area (Å²) in [6.45, 7) is 5.25. The second-order valence-electron chi connectivity index (χ2n) is 8.11. The maximum Gasteiger partial charge on any atom is 0.286 e. The molecule has 0 saturated carbocycles. The zero-order valence-corrected chi connectivity index (χ0v) is 20.2. The summed E-state index contributed by atoms with van der Waals surface area (Å²) in [6, 6.07) is 7.48. The highest BCUT2D eigenvalue weighted by Crippen LogP contribution is 2.17. The molecular formula is C23H33N5O4S. The molecule has 1 fully saturated rings. The van der Waals surface area contributed by atoms with Crippen LogP contribution in [0.5, 0.6) is 5.75 Å². The molecule has 0 spiro atoms. The summed E-state index contributed by atoms with van der Waals surface area (Å²) < 4.78 is 10.5. The van der Waals surface area contributed by atoms with E-state index in [0.717, 1.165) is 30.8 Å². The third kappa shape index (κ3) is 8.38. The first-order valence-electron chi connectivity index (χ1n) is 11.4. The van der Waals surface area contributed by atoms with Gasteiger partial charge in [-0.2, -0.15) is 0 Å². The lowest BCUT2D eigenvalue weighted by Crippen LogP contribution is -2.37. The third-order valence-corrected chi connectivity index (χ3v) is 6.51. The Morgan fingerprint density at radius 3 is 2.55 bits per heavy atom. The van der Waals surface area contributed by atoms with Gasteiger partial charge in [0.15, 0.2) is 0 Å². The average molecular weight is 476 g/mol. The Morgan fingerprint density at radius 2 is 1.85 bits per heavy atom. The maximum absolute atomic E-state index is 12.3. The number of methoxy groups -OCH3 is 1. The van der Waals surface area contributed by atoms with Gasteiger partial charge >= 0.3 is 0 Å². The molecule has 0 bridgehead atoms. The number of carbonyl (C=O) groups excluding carboxylic acids is 2. The smallest absolute Gasteiger partial charge is 0.286 e. The number of benzene rings is 1. The van der Waals surface area contributed by atoms with Crippen molar-refractivity contribution in [1.29, 1.82) is 0 Å². The number of nitrogens with one attached hydrogen (secondary N) is 2. The molecule has 1 aliphatic rings. The van der Waals surface area contributed by atoms with Crippen molar-refractivity contribution in [3.8, 4) is 5.75 Å². The molecule has 2 amide bonds. The van der Waals surface area contributed by atoms with Crippen molar-refractivity contribution in [3.05, 3.63) is 34.3 Å². The predicted molar refractivity (Wildman–Crippen MR) is 128 cm³/mol. The molecule has 10 heteroatoms.